The Morgan fingerprint density at radius 2 is 1.84 bits per heavy atom. The lowest BCUT2D eigenvalue weighted by Crippen LogP contribution is -2.28. The molecule has 0 amide bonds. The fraction of sp³-hybridized carbons (Fsp3) is 0.182. The monoisotopic (exact) mass is 347 g/mol. The Labute approximate surface area is 119 Å². The van der Waals surface area contributed by atoms with E-state index in [0.29, 0.717) is 11.3 Å². The Kier molecular flexibility index (Phi) is 3.75. The molecule has 0 radical (unpaired) electrons. The topological polar surface area (TPSA) is 55.2 Å². The van der Waals surface area contributed by atoms with Crippen LogP contribution in [0.15, 0.2) is 35.2 Å². The van der Waals surface area contributed by atoms with E-state index in [1.807, 2.05) is 0 Å². The van der Waals surface area contributed by atoms with E-state index < -0.39 is 10.2 Å². The lowest BCUT2D eigenvalue weighted by atomic mass is 10.2. The summed E-state index contributed by atoms with van der Waals surface area (Å²) in [5, 5.41) is 0. The average Bonchev–Trinajstić information content (AvgIpc) is 2.72. The molecular formula is C11H11BrFN3O2S. The molecule has 0 fully saturated rings. The summed E-state index contributed by atoms with van der Waals surface area (Å²) in [6.45, 7) is 0. The second kappa shape index (κ2) is 5.03. The lowest BCUT2D eigenvalue weighted by Gasteiger charge is -2.11. The Hall–Kier alpha value is -1.25. The molecule has 1 aromatic heterocycles. The fourth-order valence-corrected chi connectivity index (χ4v) is 3.10. The zero-order valence-electron chi connectivity index (χ0n) is 10.2. The largest absolute Gasteiger partial charge is 0.309 e. The quantitative estimate of drug-likeness (QED) is 0.854. The van der Waals surface area contributed by atoms with Crippen molar-refractivity contribution in [3.63, 3.8) is 0 Å². The molecule has 0 unspecified atom stereocenters. The van der Waals surface area contributed by atoms with Crippen molar-refractivity contribution in [1.29, 1.82) is 0 Å². The minimum absolute atomic E-state index is 0.167. The SMILES string of the molecule is CN(C)S(=O)(=O)n1cc(-c2ccc(F)cc2)nc1Br. The van der Waals surface area contributed by atoms with Crippen molar-refractivity contribution < 1.29 is 12.8 Å². The van der Waals surface area contributed by atoms with E-state index in [1.165, 1.54) is 44.6 Å². The number of halogens is 2. The molecule has 1 aromatic carbocycles. The molecule has 102 valence electrons. The molecule has 0 N–H and O–H groups in total. The third-order valence-electron chi connectivity index (χ3n) is 2.48. The van der Waals surface area contributed by atoms with Gasteiger partial charge in [-0.25, -0.2) is 13.3 Å². The number of benzene rings is 1. The summed E-state index contributed by atoms with van der Waals surface area (Å²) in [7, 11) is -0.777. The van der Waals surface area contributed by atoms with Crippen LogP contribution in [0, 0.1) is 5.82 Å². The summed E-state index contributed by atoms with van der Waals surface area (Å²) in [5.74, 6) is -0.358. The second-order valence-corrected chi connectivity index (χ2v) is 6.72. The second-order valence-electron chi connectivity index (χ2n) is 3.99. The highest BCUT2D eigenvalue weighted by Gasteiger charge is 2.21. The molecule has 0 aliphatic heterocycles. The van der Waals surface area contributed by atoms with E-state index in [9.17, 15) is 12.8 Å². The minimum atomic E-state index is -3.64. The van der Waals surface area contributed by atoms with Crippen molar-refractivity contribution in [3.8, 4) is 11.3 Å². The van der Waals surface area contributed by atoms with Crippen LogP contribution in [0.25, 0.3) is 11.3 Å². The van der Waals surface area contributed by atoms with E-state index in [4.69, 9.17) is 0 Å². The molecule has 0 aliphatic rings. The van der Waals surface area contributed by atoms with Crippen molar-refractivity contribution in [2.24, 2.45) is 0 Å². The number of hydrogen-bond acceptors (Lipinski definition) is 3. The summed E-state index contributed by atoms with van der Waals surface area (Å²) in [6.07, 6.45) is 1.38. The first-order valence-electron chi connectivity index (χ1n) is 5.26. The van der Waals surface area contributed by atoms with Gasteiger partial charge in [-0.1, -0.05) is 0 Å². The van der Waals surface area contributed by atoms with Gasteiger partial charge in [0, 0.05) is 19.7 Å². The van der Waals surface area contributed by atoms with Gasteiger partial charge in [-0.3, -0.25) is 0 Å². The predicted molar refractivity (Wildman–Crippen MR) is 73.3 cm³/mol. The van der Waals surface area contributed by atoms with Gasteiger partial charge in [0.2, 0.25) is 0 Å². The predicted octanol–water partition coefficient (Wildman–Crippen LogP) is 2.11. The van der Waals surface area contributed by atoms with Crippen LogP contribution in [-0.2, 0) is 10.2 Å². The van der Waals surface area contributed by atoms with E-state index in [2.05, 4.69) is 20.9 Å². The molecule has 0 atom stereocenters. The van der Waals surface area contributed by atoms with Crippen LogP contribution in [0.2, 0.25) is 0 Å². The number of imidazole rings is 1. The van der Waals surface area contributed by atoms with Gasteiger partial charge >= 0.3 is 10.2 Å². The Morgan fingerprint density at radius 3 is 2.37 bits per heavy atom. The first-order valence-corrected chi connectivity index (χ1v) is 7.45. The highest BCUT2D eigenvalue weighted by molar-refractivity contribution is 9.10. The van der Waals surface area contributed by atoms with Crippen molar-refractivity contribution in [2.45, 2.75) is 0 Å². The first kappa shape index (κ1) is 14.2. The zero-order valence-corrected chi connectivity index (χ0v) is 12.6. The van der Waals surface area contributed by atoms with Gasteiger partial charge in [-0.05, 0) is 40.2 Å². The van der Waals surface area contributed by atoms with Crippen LogP contribution in [0.1, 0.15) is 0 Å². The Morgan fingerprint density at radius 1 is 1.26 bits per heavy atom. The normalized spacial score (nSPS) is 12.1. The van der Waals surface area contributed by atoms with Crippen molar-refractivity contribution in [3.05, 3.63) is 41.0 Å². The summed E-state index contributed by atoms with van der Waals surface area (Å²) in [5.41, 5.74) is 1.08. The fourth-order valence-electron chi connectivity index (χ4n) is 1.44. The average molecular weight is 348 g/mol. The molecule has 19 heavy (non-hydrogen) atoms. The number of rotatable bonds is 3. The van der Waals surface area contributed by atoms with Gasteiger partial charge in [0.1, 0.15) is 5.82 Å². The van der Waals surface area contributed by atoms with Gasteiger partial charge in [0.05, 0.1) is 11.9 Å². The molecule has 0 saturated heterocycles. The Bertz CT molecular complexity index is 695. The number of hydrogen-bond donors (Lipinski definition) is 0. The van der Waals surface area contributed by atoms with Gasteiger partial charge in [0.15, 0.2) is 4.73 Å². The third-order valence-corrected chi connectivity index (χ3v) is 4.98. The lowest BCUT2D eigenvalue weighted by molar-refractivity contribution is 0.509. The molecule has 0 aliphatic carbocycles. The van der Waals surface area contributed by atoms with E-state index in [1.54, 1.807) is 0 Å². The summed E-state index contributed by atoms with van der Waals surface area (Å²) in [4.78, 5) is 4.11. The molecule has 0 saturated carbocycles. The Balaban J connectivity index is 2.50. The standard InChI is InChI=1S/C11H11BrFN3O2S/c1-15(2)19(17,18)16-7-10(14-11(16)12)8-3-5-9(13)6-4-8/h3-7H,1-2H3. The minimum Gasteiger partial charge on any atom is -0.221 e. The summed E-state index contributed by atoms with van der Waals surface area (Å²) < 4.78 is 39.1. The molecular weight excluding hydrogens is 337 g/mol. The maximum Gasteiger partial charge on any atom is 0.309 e. The van der Waals surface area contributed by atoms with Gasteiger partial charge in [0.25, 0.3) is 0 Å². The maximum atomic E-state index is 12.8. The molecule has 0 spiro atoms. The van der Waals surface area contributed by atoms with E-state index in [0.717, 1.165) is 8.28 Å². The van der Waals surface area contributed by atoms with Gasteiger partial charge < -0.3 is 0 Å². The third kappa shape index (κ3) is 2.70. The molecule has 0 bridgehead atoms. The van der Waals surface area contributed by atoms with E-state index >= 15 is 0 Å². The first-order chi connectivity index (χ1) is 8.82. The van der Waals surface area contributed by atoms with Crippen LogP contribution in [0.3, 0.4) is 0 Å². The smallest absolute Gasteiger partial charge is 0.221 e. The molecule has 2 aromatic rings. The molecule has 1 heterocycles. The number of aromatic nitrogens is 2. The van der Waals surface area contributed by atoms with Gasteiger partial charge in [-0.2, -0.15) is 12.7 Å². The summed E-state index contributed by atoms with van der Waals surface area (Å²) in [6, 6.07) is 5.67. The van der Waals surface area contributed by atoms with Gasteiger partial charge in [-0.15, -0.1) is 0 Å². The maximum absolute atomic E-state index is 12.8. The highest BCUT2D eigenvalue weighted by Crippen LogP contribution is 2.23. The molecule has 2 rings (SSSR count). The van der Waals surface area contributed by atoms with Crippen molar-refractivity contribution in [1.82, 2.24) is 13.3 Å². The number of nitrogens with zero attached hydrogens (tertiary/aromatic N) is 3. The van der Waals surface area contributed by atoms with Crippen molar-refractivity contribution in [2.75, 3.05) is 14.1 Å². The van der Waals surface area contributed by atoms with Crippen LogP contribution >= 0.6 is 15.9 Å². The highest BCUT2D eigenvalue weighted by atomic mass is 79.9. The van der Waals surface area contributed by atoms with Crippen molar-refractivity contribution >= 4 is 26.1 Å². The van der Waals surface area contributed by atoms with Crippen LogP contribution in [-0.4, -0.2) is 35.8 Å². The molecule has 5 nitrogen and oxygen atoms in total. The van der Waals surface area contributed by atoms with Crippen LogP contribution in [0.5, 0.6) is 0 Å². The van der Waals surface area contributed by atoms with Crippen LogP contribution in [0.4, 0.5) is 4.39 Å². The van der Waals surface area contributed by atoms with Crippen LogP contribution < -0.4 is 0 Å². The zero-order chi connectivity index (χ0) is 14.2. The summed E-state index contributed by atoms with van der Waals surface area (Å²) >= 11 is 3.10. The molecule has 8 heteroatoms. The van der Waals surface area contributed by atoms with E-state index in [-0.39, 0.29) is 10.6 Å².